The van der Waals surface area contributed by atoms with Crippen molar-refractivity contribution < 1.29 is 43.9 Å². The minimum absolute atomic E-state index is 0.0591. The molecule has 43 heavy (non-hydrogen) atoms. The Morgan fingerprint density at radius 3 is 2.42 bits per heavy atom. The molecule has 4 rings (SSSR count). The number of carbonyl (C=O) groups excluding carboxylic acids is 2. The Bertz CT molecular complexity index is 1330. The number of methoxy groups -OCH3 is 3. The summed E-state index contributed by atoms with van der Waals surface area (Å²) < 4.78 is 23.4. The summed E-state index contributed by atoms with van der Waals surface area (Å²) in [6.45, 7) is -0.0903. The molecule has 2 aromatic carbocycles. The average Bonchev–Trinajstić information content (AvgIpc) is 3.87. The highest BCUT2D eigenvalue weighted by Crippen LogP contribution is 2.39. The van der Waals surface area contributed by atoms with Gasteiger partial charge in [0.25, 0.3) is 0 Å². The molecular formula is C31H39IN2O9. The fraction of sp³-hybridized carbons (Fsp3) is 0.484. The molecule has 2 aliphatic carbocycles. The van der Waals surface area contributed by atoms with Gasteiger partial charge in [-0.25, -0.2) is 0 Å². The number of ether oxygens (including phenoxy) is 4. The number of halogens is 1. The number of nitrogens with one attached hydrogen (secondary N) is 1. The molecule has 12 heteroatoms. The van der Waals surface area contributed by atoms with Crippen LogP contribution in [0.5, 0.6) is 23.0 Å². The van der Waals surface area contributed by atoms with Crippen molar-refractivity contribution in [3.8, 4) is 23.0 Å². The number of benzene rings is 2. The van der Waals surface area contributed by atoms with Crippen LogP contribution in [0.1, 0.15) is 30.4 Å². The molecule has 3 unspecified atom stereocenters. The van der Waals surface area contributed by atoms with E-state index in [4.69, 9.17) is 18.9 Å². The summed E-state index contributed by atoms with van der Waals surface area (Å²) in [6, 6.07) is 8.09. The van der Waals surface area contributed by atoms with Crippen LogP contribution in [-0.2, 0) is 22.6 Å². The van der Waals surface area contributed by atoms with Gasteiger partial charge in [-0.05, 0) is 89.4 Å². The van der Waals surface area contributed by atoms with E-state index in [2.05, 4.69) is 27.9 Å². The molecule has 2 aromatic rings. The van der Waals surface area contributed by atoms with Crippen molar-refractivity contribution in [1.82, 2.24) is 10.2 Å². The van der Waals surface area contributed by atoms with E-state index in [-0.39, 0.29) is 44.5 Å². The number of hydrogen-bond donors (Lipinski definition) is 4. The molecule has 0 radical (unpaired) electrons. The van der Waals surface area contributed by atoms with E-state index < -0.39 is 24.2 Å². The van der Waals surface area contributed by atoms with Crippen molar-refractivity contribution in [2.45, 2.75) is 50.5 Å². The van der Waals surface area contributed by atoms with E-state index in [1.165, 1.54) is 7.11 Å². The number of amides is 2. The maximum Gasteiger partial charge on any atom is 0.247 e. The van der Waals surface area contributed by atoms with E-state index in [0.717, 1.165) is 18.4 Å². The molecule has 2 aliphatic rings. The van der Waals surface area contributed by atoms with Gasteiger partial charge in [0, 0.05) is 31.0 Å². The van der Waals surface area contributed by atoms with E-state index in [1.807, 2.05) is 12.1 Å². The smallest absolute Gasteiger partial charge is 0.247 e. The van der Waals surface area contributed by atoms with Crippen molar-refractivity contribution in [1.29, 1.82) is 0 Å². The van der Waals surface area contributed by atoms with Gasteiger partial charge >= 0.3 is 0 Å². The molecule has 0 aromatic heterocycles. The molecule has 1 fully saturated rings. The summed E-state index contributed by atoms with van der Waals surface area (Å²) in [5.41, 5.74) is 1.81. The molecule has 0 heterocycles. The van der Waals surface area contributed by atoms with Crippen LogP contribution >= 0.6 is 22.6 Å². The van der Waals surface area contributed by atoms with Crippen molar-refractivity contribution in [2.24, 2.45) is 5.92 Å². The standard InChI is InChI=1S/C31H39IN2O9/c1-40-22-6-7-25(41-2)20(14-22)8-10-34(31(39)19-4-5-19)24-15-21(30(38)33-9-11-35)16-26(28(24)37)43-29-23(32)12-18(17-36)13-27(29)42-3/h6-7,12-14,16,19,24,26,28,35-37H,4-5,8-11,15,17H2,1-3H3,(H,33,38). The summed E-state index contributed by atoms with van der Waals surface area (Å²) >= 11 is 2.06. The second-order valence-corrected chi connectivity index (χ2v) is 11.7. The fourth-order valence-corrected chi connectivity index (χ4v) is 6.01. The van der Waals surface area contributed by atoms with E-state index in [0.29, 0.717) is 44.1 Å². The van der Waals surface area contributed by atoms with Gasteiger partial charge < -0.3 is 44.5 Å². The topological polar surface area (TPSA) is 147 Å². The largest absolute Gasteiger partial charge is 0.497 e. The molecular weight excluding hydrogens is 671 g/mol. The lowest BCUT2D eigenvalue weighted by atomic mass is 9.87. The predicted molar refractivity (Wildman–Crippen MR) is 166 cm³/mol. The molecule has 234 valence electrons. The van der Waals surface area contributed by atoms with Crippen LogP contribution < -0.4 is 24.3 Å². The Morgan fingerprint density at radius 2 is 1.79 bits per heavy atom. The van der Waals surface area contributed by atoms with Gasteiger partial charge in [-0.15, -0.1) is 0 Å². The lowest BCUT2D eigenvalue weighted by molar-refractivity contribution is -0.139. The molecule has 0 aliphatic heterocycles. The van der Waals surface area contributed by atoms with Crippen LogP contribution in [0.15, 0.2) is 42.0 Å². The van der Waals surface area contributed by atoms with Crippen LogP contribution in [0.3, 0.4) is 0 Å². The number of hydrogen-bond acceptors (Lipinski definition) is 9. The van der Waals surface area contributed by atoms with E-state index >= 15 is 0 Å². The Kier molecular flexibility index (Phi) is 11.5. The average molecular weight is 711 g/mol. The number of aliphatic hydroxyl groups is 3. The lowest BCUT2D eigenvalue weighted by Gasteiger charge is -2.41. The zero-order valence-electron chi connectivity index (χ0n) is 24.5. The normalized spacial score (nSPS) is 19.7. The monoisotopic (exact) mass is 710 g/mol. The first-order valence-corrected chi connectivity index (χ1v) is 15.3. The third kappa shape index (κ3) is 7.91. The van der Waals surface area contributed by atoms with Crippen LogP contribution in [0, 0.1) is 9.49 Å². The van der Waals surface area contributed by atoms with Gasteiger partial charge in [0.15, 0.2) is 11.5 Å². The summed E-state index contributed by atoms with van der Waals surface area (Å²) in [7, 11) is 4.64. The third-order valence-electron chi connectivity index (χ3n) is 7.66. The van der Waals surface area contributed by atoms with Crippen molar-refractivity contribution in [3.05, 3.63) is 56.7 Å². The Labute approximate surface area is 264 Å². The molecule has 4 N–H and O–H groups in total. The van der Waals surface area contributed by atoms with Crippen molar-refractivity contribution in [3.63, 3.8) is 0 Å². The first kappa shape index (κ1) is 32.8. The van der Waals surface area contributed by atoms with E-state index in [9.17, 15) is 24.9 Å². The third-order valence-corrected chi connectivity index (χ3v) is 8.46. The van der Waals surface area contributed by atoms with Crippen LogP contribution in [0.2, 0.25) is 0 Å². The maximum absolute atomic E-state index is 13.7. The Balaban J connectivity index is 1.69. The summed E-state index contributed by atoms with van der Waals surface area (Å²) in [4.78, 5) is 28.5. The van der Waals surface area contributed by atoms with Gasteiger partial charge in [-0.1, -0.05) is 0 Å². The van der Waals surface area contributed by atoms with Gasteiger partial charge in [0.1, 0.15) is 23.7 Å². The minimum Gasteiger partial charge on any atom is -0.497 e. The summed E-state index contributed by atoms with van der Waals surface area (Å²) in [5.74, 6) is 1.39. The van der Waals surface area contributed by atoms with Gasteiger partial charge in [-0.2, -0.15) is 0 Å². The Morgan fingerprint density at radius 1 is 1.05 bits per heavy atom. The molecule has 3 atom stereocenters. The second-order valence-electron chi connectivity index (χ2n) is 10.5. The fourth-order valence-electron chi connectivity index (χ4n) is 5.22. The number of nitrogens with zero attached hydrogens (tertiary/aromatic N) is 1. The lowest BCUT2D eigenvalue weighted by Crippen LogP contribution is -2.56. The molecule has 1 saturated carbocycles. The molecule has 11 nitrogen and oxygen atoms in total. The van der Waals surface area contributed by atoms with Gasteiger partial charge in [0.05, 0.1) is 44.2 Å². The summed E-state index contributed by atoms with van der Waals surface area (Å²) in [6.07, 6.45) is 1.45. The second kappa shape index (κ2) is 15.1. The van der Waals surface area contributed by atoms with Gasteiger partial charge in [-0.3, -0.25) is 9.59 Å². The molecule has 0 spiro atoms. The Hall–Kier alpha value is -3.07. The van der Waals surface area contributed by atoms with Crippen LogP contribution in [0.25, 0.3) is 0 Å². The van der Waals surface area contributed by atoms with Crippen LogP contribution in [0.4, 0.5) is 0 Å². The van der Waals surface area contributed by atoms with Crippen molar-refractivity contribution in [2.75, 3.05) is 41.0 Å². The number of aliphatic hydroxyl groups excluding tert-OH is 3. The van der Waals surface area contributed by atoms with Crippen LogP contribution in [-0.4, -0.2) is 91.3 Å². The summed E-state index contributed by atoms with van der Waals surface area (Å²) in [5, 5.41) is 33.3. The zero-order chi connectivity index (χ0) is 31.1. The minimum atomic E-state index is -1.18. The number of rotatable bonds is 14. The van der Waals surface area contributed by atoms with E-state index in [1.54, 1.807) is 43.4 Å². The zero-order valence-corrected chi connectivity index (χ0v) is 26.7. The molecule has 2 amide bonds. The SMILES string of the molecule is COc1ccc(OC)c(CCN(C(=O)C2CC2)C2CC(C(=O)NCCO)=CC(Oc3c(I)cc(CO)cc3OC)C2O)c1. The predicted octanol–water partition coefficient (Wildman–Crippen LogP) is 2.21. The molecule has 0 saturated heterocycles. The quantitative estimate of drug-likeness (QED) is 0.217. The first-order valence-electron chi connectivity index (χ1n) is 14.2. The highest BCUT2D eigenvalue weighted by molar-refractivity contribution is 14.1. The van der Waals surface area contributed by atoms with Crippen molar-refractivity contribution >= 4 is 34.4 Å². The maximum atomic E-state index is 13.7. The highest BCUT2D eigenvalue weighted by Gasteiger charge is 2.44. The highest BCUT2D eigenvalue weighted by atomic mass is 127. The molecule has 0 bridgehead atoms. The first-order chi connectivity index (χ1) is 20.7. The van der Waals surface area contributed by atoms with Gasteiger partial charge in [0.2, 0.25) is 11.8 Å². The number of carbonyl (C=O) groups is 2.